The number of aryl methyl sites for hydroxylation is 1. The third-order valence-electron chi connectivity index (χ3n) is 4.59. The molecule has 2 aromatic rings. The molecule has 0 bridgehead atoms. The number of aromatic nitrogens is 2. The van der Waals surface area contributed by atoms with E-state index in [1.807, 2.05) is 13.0 Å². The van der Waals surface area contributed by atoms with E-state index in [9.17, 15) is 14.4 Å². The van der Waals surface area contributed by atoms with Crippen molar-refractivity contribution in [1.29, 1.82) is 0 Å². The molecule has 1 aliphatic rings. The second-order valence-electron chi connectivity index (χ2n) is 6.73. The van der Waals surface area contributed by atoms with E-state index in [0.717, 1.165) is 10.2 Å². The summed E-state index contributed by atoms with van der Waals surface area (Å²) in [6, 6.07) is 6.87. The number of amides is 2. The van der Waals surface area contributed by atoms with Gasteiger partial charge in [0.25, 0.3) is 5.56 Å². The maximum Gasteiger partial charge on any atom is 0.410 e. The number of rotatable bonds is 5. The molecule has 2 heterocycles. The smallest absolute Gasteiger partial charge is 0.410 e. The molecule has 0 saturated heterocycles. The van der Waals surface area contributed by atoms with Crippen LogP contribution in [-0.4, -0.2) is 46.9 Å². The predicted octanol–water partition coefficient (Wildman–Crippen LogP) is 1.71. The van der Waals surface area contributed by atoms with Gasteiger partial charge in [0, 0.05) is 24.6 Å². The van der Waals surface area contributed by atoms with Gasteiger partial charge >= 0.3 is 6.09 Å². The van der Waals surface area contributed by atoms with Gasteiger partial charge in [-0.05, 0) is 31.5 Å². The number of methoxy groups -OCH3 is 1. The van der Waals surface area contributed by atoms with Gasteiger partial charge in [-0.15, -0.1) is 0 Å². The third-order valence-corrected chi connectivity index (χ3v) is 4.59. The summed E-state index contributed by atoms with van der Waals surface area (Å²) in [5.74, 6) is 0.154. The van der Waals surface area contributed by atoms with Crippen LogP contribution in [0.25, 0.3) is 0 Å². The monoisotopic (exact) mass is 400 g/mol. The summed E-state index contributed by atoms with van der Waals surface area (Å²) in [5, 5.41) is 7.09. The molecule has 9 nitrogen and oxygen atoms in total. The van der Waals surface area contributed by atoms with Crippen molar-refractivity contribution in [2.75, 3.05) is 25.6 Å². The van der Waals surface area contributed by atoms with Gasteiger partial charge in [0.2, 0.25) is 5.91 Å². The van der Waals surface area contributed by atoms with Crippen molar-refractivity contribution in [3.63, 3.8) is 0 Å². The zero-order valence-electron chi connectivity index (χ0n) is 16.7. The number of nitrogens with zero attached hydrogens (tertiary/aromatic N) is 3. The minimum atomic E-state index is -0.409. The highest BCUT2D eigenvalue weighted by atomic mass is 16.6. The fraction of sp³-hybridized carbons (Fsp3) is 0.400. The van der Waals surface area contributed by atoms with Crippen molar-refractivity contribution in [1.82, 2.24) is 14.7 Å². The van der Waals surface area contributed by atoms with Crippen LogP contribution in [0.1, 0.15) is 23.7 Å². The number of carbonyl (C=O) groups excluding carboxylic acids is 2. The second-order valence-corrected chi connectivity index (χ2v) is 6.73. The van der Waals surface area contributed by atoms with E-state index in [1.165, 1.54) is 18.1 Å². The fourth-order valence-corrected chi connectivity index (χ4v) is 3.17. The minimum absolute atomic E-state index is 0.217. The highest BCUT2D eigenvalue weighted by Crippen LogP contribution is 2.25. The van der Waals surface area contributed by atoms with E-state index >= 15 is 0 Å². The summed E-state index contributed by atoms with van der Waals surface area (Å²) in [4.78, 5) is 38.3. The lowest BCUT2D eigenvalue weighted by Gasteiger charge is -2.27. The normalized spacial score (nSPS) is 12.9. The van der Waals surface area contributed by atoms with Crippen molar-refractivity contribution < 1.29 is 19.1 Å². The average Bonchev–Trinajstić information content (AvgIpc) is 2.68. The molecule has 0 aliphatic carbocycles. The van der Waals surface area contributed by atoms with Crippen molar-refractivity contribution >= 4 is 17.7 Å². The number of hydrogen-bond donors (Lipinski definition) is 1. The Balaban J connectivity index is 1.73. The number of fused-ring (bicyclic) bond motifs is 1. The first-order valence-corrected chi connectivity index (χ1v) is 9.37. The molecule has 0 spiro atoms. The molecule has 1 N–H and O–H groups in total. The van der Waals surface area contributed by atoms with Crippen LogP contribution in [0.4, 0.5) is 10.5 Å². The fourth-order valence-electron chi connectivity index (χ4n) is 3.17. The molecule has 1 aliphatic heterocycles. The molecule has 0 unspecified atom stereocenters. The summed E-state index contributed by atoms with van der Waals surface area (Å²) < 4.78 is 11.4. The largest absolute Gasteiger partial charge is 0.495 e. The number of carbonyl (C=O) groups is 2. The van der Waals surface area contributed by atoms with Crippen LogP contribution in [0, 0.1) is 6.92 Å². The van der Waals surface area contributed by atoms with E-state index in [2.05, 4.69) is 10.4 Å². The number of ether oxygens (including phenoxy) is 2. The number of anilines is 1. The number of nitrogens with one attached hydrogen (secondary N) is 1. The summed E-state index contributed by atoms with van der Waals surface area (Å²) in [6.07, 6.45) is 0.0793. The lowest BCUT2D eigenvalue weighted by atomic mass is 10.1. The van der Waals surface area contributed by atoms with Crippen LogP contribution in [-0.2, 0) is 29.0 Å². The van der Waals surface area contributed by atoms with E-state index < -0.39 is 11.7 Å². The molecule has 1 aromatic carbocycles. The molecule has 0 atom stereocenters. The summed E-state index contributed by atoms with van der Waals surface area (Å²) in [6.45, 7) is 4.44. The van der Waals surface area contributed by atoms with Crippen LogP contribution < -0.4 is 15.6 Å². The van der Waals surface area contributed by atoms with Gasteiger partial charge < -0.3 is 19.7 Å². The van der Waals surface area contributed by atoms with Crippen molar-refractivity contribution in [3.8, 4) is 5.75 Å². The van der Waals surface area contributed by atoms with Crippen LogP contribution in [0.2, 0.25) is 0 Å². The molecule has 3 rings (SSSR count). The first-order chi connectivity index (χ1) is 13.9. The Labute approximate surface area is 168 Å². The lowest BCUT2D eigenvalue weighted by Crippen LogP contribution is -2.39. The van der Waals surface area contributed by atoms with Gasteiger partial charge in [0.1, 0.15) is 12.3 Å². The molecule has 1 aromatic heterocycles. The molecule has 29 heavy (non-hydrogen) atoms. The van der Waals surface area contributed by atoms with Gasteiger partial charge in [-0.25, -0.2) is 9.48 Å². The summed E-state index contributed by atoms with van der Waals surface area (Å²) in [5.41, 5.74) is 2.48. The quantitative estimate of drug-likeness (QED) is 0.820. The van der Waals surface area contributed by atoms with E-state index in [0.29, 0.717) is 42.3 Å². The van der Waals surface area contributed by atoms with Crippen molar-refractivity contribution in [3.05, 3.63) is 51.4 Å². The Hall–Kier alpha value is -3.36. The van der Waals surface area contributed by atoms with Crippen molar-refractivity contribution in [2.45, 2.75) is 33.4 Å². The molecule has 0 radical (unpaired) electrons. The Morgan fingerprint density at radius 1 is 1.28 bits per heavy atom. The maximum atomic E-state index is 12.5. The lowest BCUT2D eigenvalue weighted by molar-refractivity contribution is -0.117. The topological polar surface area (TPSA) is 103 Å². The highest BCUT2D eigenvalue weighted by molar-refractivity contribution is 5.92. The van der Waals surface area contributed by atoms with Crippen LogP contribution in [0.5, 0.6) is 5.75 Å². The number of hydrogen-bond acceptors (Lipinski definition) is 6. The molecule has 9 heteroatoms. The van der Waals surface area contributed by atoms with Gasteiger partial charge in [0.15, 0.2) is 0 Å². The first-order valence-electron chi connectivity index (χ1n) is 9.37. The Morgan fingerprint density at radius 3 is 2.79 bits per heavy atom. The predicted molar refractivity (Wildman–Crippen MR) is 106 cm³/mol. The van der Waals surface area contributed by atoms with E-state index in [4.69, 9.17) is 9.47 Å². The minimum Gasteiger partial charge on any atom is -0.495 e. The van der Waals surface area contributed by atoms with Crippen molar-refractivity contribution in [2.24, 2.45) is 0 Å². The Bertz CT molecular complexity index is 985. The third kappa shape index (κ3) is 4.74. The standard InChI is InChI=1S/C20H24N4O5/c1-4-29-20(27)23-8-7-15-14(11-23)10-19(26)24(22-15)12-18(25)21-16-9-13(2)5-6-17(16)28-3/h5-6,9-10H,4,7-8,11-12H2,1-3H3,(H,21,25). The molecular weight excluding hydrogens is 376 g/mol. The molecule has 0 fully saturated rings. The van der Waals surface area contributed by atoms with Gasteiger partial charge in [0.05, 0.1) is 31.6 Å². The Kier molecular flexibility index (Phi) is 6.16. The van der Waals surface area contributed by atoms with E-state index in [-0.39, 0.29) is 19.0 Å². The van der Waals surface area contributed by atoms with Gasteiger partial charge in [-0.2, -0.15) is 5.10 Å². The van der Waals surface area contributed by atoms with Crippen LogP contribution >= 0.6 is 0 Å². The van der Waals surface area contributed by atoms with Gasteiger partial charge in [-0.1, -0.05) is 6.07 Å². The average molecular weight is 400 g/mol. The molecule has 2 amide bonds. The molecular formula is C20H24N4O5. The van der Waals surface area contributed by atoms with Crippen LogP contribution in [0.3, 0.4) is 0 Å². The summed E-state index contributed by atoms with van der Waals surface area (Å²) >= 11 is 0. The van der Waals surface area contributed by atoms with E-state index in [1.54, 1.807) is 19.1 Å². The van der Waals surface area contributed by atoms with Gasteiger partial charge in [-0.3, -0.25) is 9.59 Å². The zero-order valence-corrected chi connectivity index (χ0v) is 16.7. The maximum absolute atomic E-state index is 12.5. The molecule has 154 valence electrons. The second kappa shape index (κ2) is 8.76. The highest BCUT2D eigenvalue weighted by Gasteiger charge is 2.24. The zero-order chi connectivity index (χ0) is 21.0. The number of benzene rings is 1. The SMILES string of the molecule is CCOC(=O)N1CCc2nn(CC(=O)Nc3cc(C)ccc3OC)c(=O)cc2C1. The first kappa shape index (κ1) is 20.4. The Morgan fingerprint density at radius 2 is 2.07 bits per heavy atom. The van der Waals surface area contributed by atoms with Crippen LogP contribution in [0.15, 0.2) is 29.1 Å². The molecule has 0 saturated carbocycles. The summed E-state index contributed by atoms with van der Waals surface area (Å²) in [7, 11) is 1.52.